The molecule has 2 rings (SSSR count). The van der Waals surface area contributed by atoms with Crippen LogP contribution < -0.4 is 0 Å². The first-order chi connectivity index (χ1) is 6.31. The van der Waals surface area contributed by atoms with Gasteiger partial charge < -0.3 is 4.98 Å². The van der Waals surface area contributed by atoms with E-state index in [1.807, 2.05) is 6.20 Å². The van der Waals surface area contributed by atoms with Crippen LogP contribution in [0.2, 0.25) is 0 Å². The molecule has 1 unspecified atom stereocenters. The molecule has 0 saturated carbocycles. The van der Waals surface area contributed by atoms with Gasteiger partial charge in [-0.2, -0.15) is 0 Å². The lowest BCUT2D eigenvalue weighted by molar-refractivity contribution is 0.709. The summed E-state index contributed by atoms with van der Waals surface area (Å²) >= 11 is 0. The molecule has 0 aliphatic carbocycles. The number of imidazole rings is 1. The third-order valence-corrected chi connectivity index (χ3v) is 2.44. The van der Waals surface area contributed by atoms with Crippen LogP contribution >= 0.6 is 0 Å². The zero-order chi connectivity index (χ0) is 9.26. The highest BCUT2D eigenvalue weighted by Crippen LogP contribution is 2.18. The van der Waals surface area contributed by atoms with Crippen molar-refractivity contribution in [3.8, 4) is 0 Å². The van der Waals surface area contributed by atoms with Crippen molar-refractivity contribution in [3.05, 3.63) is 24.3 Å². The Morgan fingerprint density at radius 1 is 1.46 bits per heavy atom. The second-order valence-electron chi connectivity index (χ2n) is 3.34. The van der Waals surface area contributed by atoms with Crippen LogP contribution in [0.15, 0.2) is 18.6 Å². The van der Waals surface area contributed by atoms with Crippen molar-refractivity contribution >= 4 is 11.0 Å². The van der Waals surface area contributed by atoms with Gasteiger partial charge in [0.05, 0.1) is 23.6 Å². The highest BCUT2D eigenvalue weighted by atomic mass is 14.9. The number of nitrogens with zero attached hydrogens (tertiary/aromatic N) is 2. The smallest absolute Gasteiger partial charge is 0.0932 e. The van der Waals surface area contributed by atoms with Gasteiger partial charge in [0.25, 0.3) is 0 Å². The molecule has 0 radical (unpaired) electrons. The lowest BCUT2D eigenvalue weighted by atomic mass is 10.0. The van der Waals surface area contributed by atoms with Gasteiger partial charge in [-0.05, 0) is 18.4 Å². The number of fused-ring (bicyclic) bond motifs is 1. The van der Waals surface area contributed by atoms with Gasteiger partial charge in [-0.1, -0.05) is 13.8 Å². The lowest BCUT2D eigenvalue weighted by Crippen LogP contribution is -1.94. The van der Waals surface area contributed by atoms with E-state index in [-0.39, 0.29) is 0 Å². The predicted molar refractivity (Wildman–Crippen MR) is 52.6 cm³/mol. The molecule has 0 fully saturated rings. The summed E-state index contributed by atoms with van der Waals surface area (Å²) in [6, 6.07) is 2.06. The molecular weight excluding hydrogens is 162 g/mol. The number of H-pyrrole nitrogens is 1. The van der Waals surface area contributed by atoms with Gasteiger partial charge >= 0.3 is 0 Å². The van der Waals surface area contributed by atoms with Gasteiger partial charge in [0.2, 0.25) is 0 Å². The molecule has 13 heavy (non-hydrogen) atoms. The Hall–Kier alpha value is -1.38. The largest absolute Gasteiger partial charge is 0.343 e. The highest BCUT2D eigenvalue weighted by Gasteiger charge is 2.05. The SMILES string of the molecule is CCC(C)c1cc2nc[nH]c2cn1. The van der Waals surface area contributed by atoms with Crippen LogP contribution in [0, 0.1) is 0 Å². The molecule has 2 aromatic heterocycles. The van der Waals surface area contributed by atoms with Gasteiger partial charge in [0.1, 0.15) is 0 Å². The van der Waals surface area contributed by atoms with Gasteiger partial charge in [0.15, 0.2) is 0 Å². The minimum absolute atomic E-state index is 0.515. The van der Waals surface area contributed by atoms with Crippen LogP contribution in [0.5, 0.6) is 0 Å². The second kappa shape index (κ2) is 3.17. The van der Waals surface area contributed by atoms with E-state index in [1.54, 1.807) is 6.33 Å². The summed E-state index contributed by atoms with van der Waals surface area (Å²) in [4.78, 5) is 11.6. The van der Waals surface area contributed by atoms with E-state index in [9.17, 15) is 0 Å². The minimum atomic E-state index is 0.515. The van der Waals surface area contributed by atoms with Crippen LogP contribution in [-0.4, -0.2) is 15.0 Å². The maximum atomic E-state index is 4.38. The van der Waals surface area contributed by atoms with Crippen LogP contribution in [-0.2, 0) is 0 Å². The van der Waals surface area contributed by atoms with Crippen LogP contribution in [0.3, 0.4) is 0 Å². The lowest BCUT2D eigenvalue weighted by Gasteiger charge is -2.06. The Labute approximate surface area is 77.2 Å². The molecule has 3 nitrogen and oxygen atoms in total. The Bertz CT molecular complexity index is 405. The molecule has 0 aliphatic heterocycles. The summed E-state index contributed by atoms with van der Waals surface area (Å²) in [7, 11) is 0. The van der Waals surface area contributed by atoms with E-state index in [2.05, 4.69) is 34.9 Å². The summed E-state index contributed by atoms with van der Waals surface area (Å²) in [5.74, 6) is 0.515. The monoisotopic (exact) mass is 175 g/mol. The van der Waals surface area contributed by atoms with E-state index in [0.717, 1.165) is 23.1 Å². The first-order valence-electron chi connectivity index (χ1n) is 4.60. The zero-order valence-electron chi connectivity index (χ0n) is 7.91. The summed E-state index contributed by atoms with van der Waals surface area (Å²) in [5.41, 5.74) is 3.14. The first-order valence-corrected chi connectivity index (χ1v) is 4.60. The Kier molecular flexibility index (Phi) is 2.00. The molecule has 0 aromatic carbocycles. The normalized spacial score (nSPS) is 13.4. The fraction of sp³-hybridized carbons (Fsp3) is 0.400. The Morgan fingerprint density at radius 3 is 3.08 bits per heavy atom. The van der Waals surface area contributed by atoms with E-state index < -0.39 is 0 Å². The third-order valence-electron chi connectivity index (χ3n) is 2.44. The van der Waals surface area contributed by atoms with Gasteiger partial charge in [0, 0.05) is 5.69 Å². The number of aromatic amines is 1. The maximum Gasteiger partial charge on any atom is 0.0932 e. The van der Waals surface area contributed by atoms with E-state index >= 15 is 0 Å². The van der Waals surface area contributed by atoms with Crippen LogP contribution in [0.25, 0.3) is 11.0 Å². The van der Waals surface area contributed by atoms with Gasteiger partial charge in [-0.15, -0.1) is 0 Å². The highest BCUT2D eigenvalue weighted by molar-refractivity contribution is 5.73. The fourth-order valence-corrected chi connectivity index (χ4v) is 1.33. The summed E-state index contributed by atoms with van der Waals surface area (Å²) in [6.45, 7) is 4.35. The average molecular weight is 175 g/mol. The number of rotatable bonds is 2. The molecule has 0 saturated heterocycles. The summed E-state index contributed by atoms with van der Waals surface area (Å²) in [5, 5.41) is 0. The van der Waals surface area contributed by atoms with Crippen molar-refractivity contribution in [2.45, 2.75) is 26.2 Å². The second-order valence-corrected chi connectivity index (χ2v) is 3.34. The molecule has 0 amide bonds. The number of hydrogen-bond donors (Lipinski definition) is 1. The molecule has 0 aliphatic rings. The predicted octanol–water partition coefficient (Wildman–Crippen LogP) is 2.47. The van der Waals surface area contributed by atoms with E-state index in [4.69, 9.17) is 0 Å². The van der Waals surface area contributed by atoms with Gasteiger partial charge in [-0.3, -0.25) is 4.98 Å². The molecule has 1 atom stereocenters. The average Bonchev–Trinajstić information content (AvgIpc) is 2.63. The number of aromatic nitrogens is 3. The van der Waals surface area contributed by atoms with E-state index in [1.165, 1.54) is 0 Å². The van der Waals surface area contributed by atoms with Crippen molar-refractivity contribution in [1.29, 1.82) is 0 Å². The topological polar surface area (TPSA) is 41.6 Å². The molecule has 1 N–H and O–H groups in total. The number of hydrogen-bond acceptors (Lipinski definition) is 2. The molecule has 3 heteroatoms. The summed E-state index contributed by atoms with van der Waals surface area (Å²) in [6.07, 6.45) is 4.67. The molecule has 68 valence electrons. The minimum Gasteiger partial charge on any atom is -0.343 e. The molecule has 0 spiro atoms. The van der Waals surface area contributed by atoms with Crippen molar-refractivity contribution in [2.24, 2.45) is 0 Å². The first kappa shape index (κ1) is 8.23. The van der Waals surface area contributed by atoms with Crippen molar-refractivity contribution < 1.29 is 0 Å². The van der Waals surface area contributed by atoms with Crippen molar-refractivity contribution in [1.82, 2.24) is 15.0 Å². The molecule has 0 bridgehead atoms. The maximum absolute atomic E-state index is 4.38. The fourth-order valence-electron chi connectivity index (χ4n) is 1.33. The number of pyridine rings is 1. The van der Waals surface area contributed by atoms with Crippen molar-refractivity contribution in [2.75, 3.05) is 0 Å². The molecular formula is C10H13N3. The van der Waals surface area contributed by atoms with Gasteiger partial charge in [-0.25, -0.2) is 4.98 Å². The van der Waals surface area contributed by atoms with E-state index in [0.29, 0.717) is 5.92 Å². The van der Waals surface area contributed by atoms with Crippen LogP contribution in [0.4, 0.5) is 0 Å². The zero-order valence-corrected chi connectivity index (χ0v) is 7.91. The molecule has 2 aromatic rings. The summed E-state index contributed by atoms with van der Waals surface area (Å²) < 4.78 is 0. The number of nitrogens with one attached hydrogen (secondary N) is 1. The van der Waals surface area contributed by atoms with Crippen LogP contribution in [0.1, 0.15) is 31.9 Å². The Morgan fingerprint density at radius 2 is 2.31 bits per heavy atom. The Balaban J connectivity index is 2.48. The third kappa shape index (κ3) is 1.41. The quantitative estimate of drug-likeness (QED) is 0.761. The molecule has 2 heterocycles. The standard InChI is InChI=1S/C10H13N3/c1-3-7(2)8-4-9-10(5-11-8)13-6-12-9/h4-7H,3H2,1-2H3,(H,12,13). The van der Waals surface area contributed by atoms with Crippen molar-refractivity contribution in [3.63, 3.8) is 0 Å².